The molecular weight excluding hydrogens is 440 g/mol. The third-order valence-electron chi connectivity index (χ3n) is 13.9. The van der Waals surface area contributed by atoms with Gasteiger partial charge in [-0.15, -0.1) is 0 Å². The van der Waals surface area contributed by atoms with Gasteiger partial charge in [-0.05, 0) is 107 Å². The number of hydrogen-bond acceptors (Lipinski definition) is 5. The van der Waals surface area contributed by atoms with Crippen molar-refractivity contribution >= 4 is 0 Å². The largest absolute Gasteiger partial charge is 0.388 e. The summed E-state index contributed by atoms with van der Waals surface area (Å²) in [6, 6.07) is 0. The van der Waals surface area contributed by atoms with Gasteiger partial charge >= 0.3 is 0 Å². The molecule has 200 valence electrons. The smallest absolute Gasteiger partial charge is 0.170 e. The highest BCUT2D eigenvalue weighted by Gasteiger charge is 2.77. The van der Waals surface area contributed by atoms with E-state index in [9.17, 15) is 15.3 Å². The molecule has 4 saturated carbocycles. The minimum Gasteiger partial charge on any atom is -0.388 e. The Morgan fingerprint density at radius 1 is 0.714 bits per heavy atom. The second kappa shape index (κ2) is 6.86. The predicted molar refractivity (Wildman–Crippen MR) is 134 cm³/mol. The van der Waals surface area contributed by atoms with Crippen LogP contribution >= 0.6 is 0 Å². The zero-order chi connectivity index (χ0) is 25.5. The molecule has 0 aromatic rings. The van der Waals surface area contributed by atoms with Crippen LogP contribution in [0.15, 0.2) is 0 Å². The molecule has 3 saturated heterocycles. The van der Waals surface area contributed by atoms with E-state index in [2.05, 4.69) is 34.6 Å². The predicted octanol–water partition coefficient (Wildman–Crippen LogP) is 5.19. The van der Waals surface area contributed by atoms with Crippen molar-refractivity contribution in [2.24, 2.45) is 39.4 Å². The zero-order valence-corrected chi connectivity index (χ0v) is 23.2. The Labute approximate surface area is 212 Å². The monoisotopic (exact) mass is 490 g/mol. The Kier molecular flexibility index (Phi) is 4.92. The van der Waals surface area contributed by atoms with Crippen LogP contribution in [0, 0.1) is 39.4 Å². The molecule has 2 bridgehead atoms. The van der Waals surface area contributed by atoms with Crippen molar-refractivity contribution in [3.63, 3.8) is 0 Å². The fourth-order valence-corrected chi connectivity index (χ4v) is 11.5. The van der Waals surface area contributed by atoms with E-state index in [4.69, 9.17) is 9.47 Å². The molecule has 3 heterocycles. The van der Waals surface area contributed by atoms with Crippen molar-refractivity contribution in [3.8, 4) is 0 Å². The quantitative estimate of drug-likeness (QED) is 0.496. The third-order valence-corrected chi connectivity index (χ3v) is 13.9. The van der Waals surface area contributed by atoms with Gasteiger partial charge in [-0.2, -0.15) is 0 Å². The summed E-state index contributed by atoms with van der Waals surface area (Å²) >= 11 is 0. The van der Waals surface area contributed by atoms with Crippen LogP contribution in [-0.4, -0.2) is 50.6 Å². The van der Waals surface area contributed by atoms with Crippen LogP contribution in [0.1, 0.15) is 113 Å². The second-order valence-corrected chi connectivity index (χ2v) is 15.6. The minimum absolute atomic E-state index is 0.0406. The van der Waals surface area contributed by atoms with E-state index in [-0.39, 0.29) is 33.7 Å². The summed E-state index contributed by atoms with van der Waals surface area (Å²) in [6.07, 6.45) is 9.45. The molecule has 10 atom stereocenters. The van der Waals surface area contributed by atoms with Crippen LogP contribution in [0.5, 0.6) is 0 Å². The van der Waals surface area contributed by atoms with Gasteiger partial charge in [0.25, 0.3) is 0 Å². The van der Waals surface area contributed by atoms with E-state index in [1.807, 2.05) is 13.8 Å². The highest BCUT2D eigenvalue weighted by atomic mass is 16.6. The molecule has 7 fully saturated rings. The number of rotatable bonds is 2. The lowest BCUT2D eigenvalue weighted by Gasteiger charge is -2.74. The van der Waals surface area contributed by atoms with E-state index in [0.29, 0.717) is 18.4 Å². The van der Waals surface area contributed by atoms with Crippen LogP contribution in [0.2, 0.25) is 0 Å². The van der Waals surface area contributed by atoms with Crippen molar-refractivity contribution in [2.45, 2.75) is 141 Å². The first-order valence-corrected chi connectivity index (χ1v) is 14.5. The van der Waals surface area contributed by atoms with E-state index in [1.54, 1.807) is 0 Å². The van der Waals surface area contributed by atoms with Gasteiger partial charge < -0.3 is 24.8 Å². The molecule has 7 aliphatic rings. The second-order valence-electron chi connectivity index (χ2n) is 15.6. The van der Waals surface area contributed by atoms with Crippen LogP contribution in [-0.2, 0) is 9.47 Å². The van der Waals surface area contributed by atoms with Gasteiger partial charge in [0.15, 0.2) is 5.79 Å². The average Bonchev–Trinajstić information content (AvgIpc) is 3.31. The van der Waals surface area contributed by atoms with E-state index in [1.165, 1.54) is 0 Å². The van der Waals surface area contributed by atoms with E-state index < -0.39 is 22.6 Å². The normalized spacial score (nSPS) is 59.1. The molecule has 0 aromatic heterocycles. The van der Waals surface area contributed by atoms with Gasteiger partial charge in [0.2, 0.25) is 0 Å². The first kappa shape index (κ1) is 25.1. The fourth-order valence-electron chi connectivity index (χ4n) is 11.5. The molecule has 0 aromatic carbocycles. The first-order valence-electron chi connectivity index (χ1n) is 14.5. The van der Waals surface area contributed by atoms with Crippen molar-refractivity contribution in [2.75, 3.05) is 6.61 Å². The van der Waals surface area contributed by atoms with Crippen molar-refractivity contribution in [3.05, 3.63) is 0 Å². The van der Waals surface area contributed by atoms with Crippen LogP contribution in [0.4, 0.5) is 0 Å². The Morgan fingerprint density at radius 3 is 1.97 bits per heavy atom. The van der Waals surface area contributed by atoms with Crippen molar-refractivity contribution in [1.29, 1.82) is 0 Å². The van der Waals surface area contributed by atoms with E-state index in [0.717, 1.165) is 64.2 Å². The average molecular weight is 491 g/mol. The maximum absolute atomic E-state index is 12.5. The highest BCUT2D eigenvalue weighted by Crippen LogP contribution is 2.78. The molecule has 35 heavy (non-hydrogen) atoms. The first-order chi connectivity index (χ1) is 16.0. The minimum atomic E-state index is -0.979. The number of ether oxygens (including phenoxy) is 2. The summed E-state index contributed by atoms with van der Waals surface area (Å²) in [4.78, 5) is 0. The van der Waals surface area contributed by atoms with Gasteiger partial charge in [-0.25, -0.2) is 0 Å². The van der Waals surface area contributed by atoms with Crippen LogP contribution < -0.4 is 0 Å². The van der Waals surface area contributed by atoms with Gasteiger partial charge in [0.05, 0.1) is 29.5 Å². The SMILES string of the molecule is CC(C)(O)[C@@H]1CC[C@@](C)([C@@]2(O)CC[C@]3(C)C2CC[C@@H]2[C@]45CC[C@](O)(OC4)C(C)(C)C5CC[C@]23C)O1. The number of aliphatic hydroxyl groups is 3. The Balaban J connectivity index is 1.35. The summed E-state index contributed by atoms with van der Waals surface area (Å²) in [7, 11) is 0. The topological polar surface area (TPSA) is 79.2 Å². The molecule has 5 heteroatoms. The number of hydrogen-bond donors (Lipinski definition) is 3. The Morgan fingerprint density at radius 2 is 1.37 bits per heavy atom. The van der Waals surface area contributed by atoms with Gasteiger partial charge in [0, 0.05) is 17.3 Å². The molecule has 5 nitrogen and oxygen atoms in total. The molecule has 7 rings (SSSR count). The standard InChI is InChI=1S/C30H50O5/c1-23(2)19-10-12-25(5)20(28(19)15-17-30(23,33)34-18-28)8-9-21-26(25,6)14-16-29(21,32)27(7)13-11-22(35-27)24(3,4)31/h19-22,31-33H,8-18H2,1-7H3/t19?,20-,21?,22-,25+,26+,27-,28+,29+,30-/m0/s1. The molecule has 1 spiro atoms. The molecule has 2 unspecified atom stereocenters. The summed E-state index contributed by atoms with van der Waals surface area (Å²) < 4.78 is 12.9. The number of fused-ring (bicyclic) bond motifs is 5. The molecule has 0 amide bonds. The maximum Gasteiger partial charge on any atom is 0.170 e. The third kappa shape index (κ3) is 2.73. The maximum atomic E-state index is 12.5. The van der Waals surface area contributed by atoms with Crippen LogP contribution in [0.25, 0.3) is 0 Å². The zero-order valence-electron chi connectivity index (χ0n) is 23.2. The van der Waals surface area contributed by atoms with Crippen molar-refractivity contribution in [1.82, 2.24) is 0 Å². The molecule has 4 aliphatic carbocycles. The van der Waals surface area contributed by atoms with Gasteiger partial charge in [0.1, 0.15) is 0 Å². The lowest BCUT2D eigenvalue weighted by atomic mass is 9.34. The molecule has 3 N–H and O–H groups in total. The Hall–Kier alpha value is -0.200. The summed E-state index contributed by atoms with van der Waals surface area (Å²) in [5.41, 5.74) is -2.29. The van der Waals surface area contributed by atoms with Gasteiger partial charge in [-0.3, -0.25) is 0 Å². The fraction of sp³-hybridized carbons (Fsp3) is 1.00. The van der Waals surface area contributed by atoms with Crippen LogP contribution in [0.3, 0.4) is 0 Å². The molecule has 3 aliphatic heterocycles. The Bertz CT molecular complexity index is 899. The highest BCUT2D eigenvalue weighted by molar-refractivity contribution is 5.24. The lowest BCUT2D eigenvalue weighted by Crippen LogP contribution is -2.73. The van der Waals surface area contributed by atoms with Crippen molar-refractivity contribution < 1.29 is 24.8 Å². The summed E-state index contributed by atoms with van der Waals surface area (Å²) in [5, 5.41) is 34.5. The molecular formula is C30H50O5. The lowest BCUT2D eigenvalue weighted by molar-refractivity contribution is -0.399. The van der Waals surface area contributed by atoms with E-state index >= 15 is 0 Å². The summed E-state index contributed by atoms with van der Waals surface area (Å²) in [5.74, 6) is 0.271. The summed E-state index contributed by atoms with van der Waals surface area (Å²) in [6.45, 7) is 16.0. The van der Waals surface area contributed by atoms with Gasteiger partial charge in [-0.1, -0.05) is 27.7 Å². The molecule has 0 radical (unpaired) electrons.